The predicted molar refractivity (Wildman–Crippen MR) is 73.3 cm³/mol. The SMILES string of the molecule is CC/C(=C/OC(=O)C1CC1)B1OC(C)(C)C(C)(C)O1. The van der Waals surface area contributed by atoms with Crippen molar-refractivity contribution in [1.29, 1.82) is 0 Å². The lowest BCUT2D eigenvalue weighted by Crippen LogP contribution is -2.41. The summed E-state index contributed by atoms with van der Waals surface area (Å²) < 4.78 is 17.1. The highest BCUT2D eigenvalue weighted by Crippen LogP contribution is 2.39. The van der Waals surface area contributed by atoms with Crippen molar-refractivity contribution in [2.24, 2.45) is 5.92 Å². The highest BCUT2D eigenvalue weighted by Gasteiger charge is 2.52. The van der Waals surface area contributed by atoms with Crippen LogP contribution in [0.5, 0.6) is 0 Å². The van der Waals surface area contributed by atoms with E-state index in [0.717, 1.165) is 24.7 Å². The van der Waals surface area contributed by atoms with Gasteiger partial charge in [0, 0.05) is 0 Å². The zero-order chi connectivity index (χ0) is 14.3. The summed E-state index contributed by atoms with van der Waals surface area (Å²) in [5.41, 5.74) is 0.131. The standard InChI is InChI=1S/C14H23BO4/c1-6-11(9-17-12(16)10-7-8-10)15-18-13(2,3)14(4,5)19-15/h9-10H,6-8H2,1-5H3/b11-9-. The molecular weight excluding hydrogens is 243 g/mol. The minimum atomic E-state index is -0.429. The number of allylic oxidation sites excluding steroid dienone is 1. The number of ether oxygens (including phenoxy) is 1. The van der Waals surface area contributed by atoms with Crippen molar-refractivity contribution < 1.29 is 18.8 Å². The van der Waals surface area contributed by atoms with E-state index in [0.29, 0.717) is 0 Å². The molecule has 1 aliphatic carbocycles. The van der Waals surface area contributed by atoms with E-state index in [1.165, 1.54) is 6.26 Å². The van der Waals surface area contributed by atoms with Crippen molar-refractivity contribution in [3.63, 3.8) is 0 Å². The van der Waals surface area contributed by atoms with Crippen molar-refractivity contribution in [2.45, 2.75) is 65.1 Å². The van der Waals surface area contributed by atoms with Gasteiger partial charge >= 0.3 is 13.1 Å². The largest absolute Gasteiger partial charge is 0.493 e. The van der Waals surface area contributed by atoms with Gasteiger partial charge in [-0.05, 0) is 52.4 Å². The van der Waals surface area contributed by atoms with Crippen molar-refractivity contribution in [3.8, 4) is 0 Å². The van der Waals surface area contributed by atoms with Gasteiger partial charge in [-0.15, -0.1) is 0 Å². The molecule has 1 saturated carbocycles. The summed E-state index contributed by atoms with van der Waals surface area (Å²) in [6.07, 6.45) is 4.15. The summed E-state index contributed by atoms with van der Waals surface area (Å²) in [6.45, 7) is 10.0. The third kappa shape index (κ3) is 3.03. The average molecular weight is 266 g/mol. The second kappa shape index (κ2) is 4.95. The Morgan fingerprint density at radius 3 is 2.21 bits per heavy atom. The van der Waals surface area contributed by atoms with Gasteiger partial charge in [0.05, 0.1) is 23.4 Å². The van der Waals surface area contributed by atoms with Crippen LogP contribution >= 0.6 is 0 Å². The van der Waals surface area contributed by atoms with Gasteiger partial charge in [0.15, 0.2) is 0 Å². The second-order valence-corrected chi connectivity index (χ2v) is 6.35. The van der Waals surface area contributed by atoms with Gasteiger partial charge in [-0.25, -0.2) is 0 Å². The quantitative estimate of drug-likeness (QED) is 0.446. The molecule has 0 unspecified atom stereocenters. The fraction of sp³-hybridized carbons (Fsp3) is 0.786. The van der Waals surface area contributed by atoms with Crippen LogP contribution in [0.4, 0.5) is 0 Å². The van der Waals surface area contributed by atoms with Crippen molar-refractivity contribution >= 4 is 13.1 Å². The van der Waals surface area contributed by atoms with E-state index < -0.39 is 7.12 Å². The Morgan fingerprint density at radius 1 is 1.26 bits per heavy atom. The maximum absolute atomic E-state index is 11.5. The molecule has 5 heteroatoms. The van der Waals surface area contributed by atoms with E-state index >= 15 is 0 Å². The van der Waals surface area contributed by atoms with Crippen LogP contribution < -0.4 is 0 Å². The zero-order valence-corrected chi connectivity index (χ0v) is 12.5. The van der Waals surface area contributed by atoms with Crippen molar-refractivity contribution in [1.82, 2.24) is 0 Å². The first-order chi connectivity index (χ1) is 8.77. The Morgan fingerprint density at radius 2 is 1.79 bits per heavy atom. The van der Waals surface area contributed by atoms with Gasteiger partial charge in [-0.3, -0.25) is 4.79 Å². The summed E-state index contributed by atoms with van der Waals surface area (Å²) in [5.74, 6) is -0.0323. The maximum Gasteiger partial charge on any atom is 0.493 e. The van der Waals surface area contributed by atoms with E-state index in [2.05, 4.69) is 0 Å². The molecule has 0 bridgehead atoms. The summed E-state index contributed by atoms with van der Waals surface area (Å²) in [7, 11) is -0.429. The Hall–Kier alpha value is -0.805. The third-order valence-electron chi connectivity index (χ3n) is 4.20. The number of esters is 1. The fourth-order valence-corrected chi connectivity index (χ4v) is 1.85. The molecule has 0 aromatic carbocycles. The van der Waals surface area contributed by atoms with Crippen LogP contribution in [0.2, 0.25) is 0 Å². The molecule has 4 nitrogen and oxygen atoms in total. The predicted octanol–water partition coefficient (Wildman–Crippen LogP) is 2.86. The number of hydrogen-bond acceptors (Lipinski definition) is 4. The first-order valence-electron chi connectivity index (χ1n) is 7.02. The number of rotatable bonds is 4. The lowest BCUT2D eigenvalue weighted by molar-refractivity contribution is -0.139. The molecule has 0 amide bonds. The van der Waals surface area contributed by atoms with Gasteiger partial charge in [0.25, 0.3) is 0 Å². The monoisotopic (exact) mass is 266 g/mol. The Bertz CT molecular complexity index is 380. The van der Waals surface area contributed by atoms with Crippen LogP contribution in [0.15, 0.2) is 11.7 Å². The van der Waals surface area contributed by atoms with Gasteiger partial charge in [0.2, 0.25) is 0 Å². The van der Waals surface area contributed by atoms with Gasteiger partial charge < -0.3 is 14.0 Å². The molecule has 0 N–H and O–H groups in total. The summed E-state index contributed by atoms with van der Waals surface area (Å²) in [6, 6.07) is 0. The average Bonchev–Trinajstić information content (AvgIpc) is 3.08. The van der Waals surface area contributed by atoms with Gasteiger partial charge in [-0.1, -0.05) is 6.92 Å². The van der Waals surface area contributed by atoms with Crippen LogP contribution in [-0.2, 0) is 18.8 Å². The van der Waals surface area contributed by atoms with E-state index in [1.807, 2.05) is 34.6 Å². The molecule has 0 radical (unpaired) electrons. The van der Waals surface area contributed by atoms with Crippen molar-refractivity contribution in [3.05, 3.63) is 11.7 Å². The lowest BCUT2D eigenvalue weighted by Gasteiger charge is -2.32. The normalized spacial score (nSPS) is 25.5. The first-order valence-corrected chi connectivity index (χ1v) is 7.02. The van der Waals surface area contributed by atoms with Crippen LogP contribution in [0.25, 0.3) is 0 Å². The highest BCUT2D eigenvalue weighted by molar-refractivity contribution is 6.54. The Balaban J connectivity index is 2.02. The van der Waals surface area contributed by atoms with Crippen molar-refractivity contribution in [2.75, 3.05) is 0 Å². The minimum absolute atomic E-state index is 0.104. The molecule has 0 aromatic rings. The fourth-order valence-electron chi connectivity index (χ4n) is 1.85. The van der Waals surface area contributed by atoms with Crippen LogP contribution in [-0.4, -0.2) is 24.3 Å². The maximum atomic E-state index is 11.5. The van der Waals surface area contributed by atoms with Crippen LogP contribution in [0.3, 0.4) is 0 Å². The molecule has 1 saturated heterocycles. The molecule has 106 valence electrons. The Labute approximate surface area is 115 Å². The summed E-state index contributed by atoms with van der Waals surface area (Å²) in [4.78, 5) is 11.5. The van der Waals surface area contributed by atoms with Gasteiger partial charge in [-0.2, -0.15) is 0 Å². The first kappa shape index (κ1) is 14.6. The molecule has 2 aliphatic rings. The van der Waals surface area contributed by atoms with Crippen LogP contribution in [0, 0.1) is 5.92 Å². The smallest absolute Gasteiger partial charge is 0.435 e. The number of carbonyl (C=O) groups is 1. The number of hydrogen-bond donors (Lipinski definition) is 0. The molecule has 19 heavy (non-hydrogen) atoms. The van der Waals surface area contributed by atoms with E-state index in [-0.39, 0.29) is 23.1 Å². The van der Waals surface area contributed by atoms with E-state index in [4.69, 9.17) is 14.0 Å². The van der Waals surface area contributed by atoms with E-state index in [1.54, 1.807) is 0 Å². The number of carbonyl (C=O) groups excluding carboxylic acids is 1. The third-order valence-corrected chi connectivity index (χ3v) is 4.20. The lowest BCUT2D eigenvalue weighted by atomic mass is 9.77. The molecule has 2 fully saturated rings. The molecule has 1 aliphatic heterocycles. The Kier molecular flexibility index (Phi) is 3.80. The topological polar surface area (TPSA) is 44.8 Å². The van der Waals surface area contributed by atoms with Gasteiger partial charge in [0.1, 0.15) is 0 Å². The van der Waals surface area contributed by atoms with E-state index in [9.17, 15) is 4.79 Å². The second-order valence-electron chi connectivity index (χ2n) is 6.35. The summed E-state index contributed by atoms with van der Waals surface area (Å²) >= 11 is 0. The molecule has 0 atom stereocenters. The molecule has 0 spiro atoms. The molecule has 0 aromatic heterocycles. The molecule has 2 rings (SSSR count). The molecule has 1 heterocycles. The molecular formula is C14H23BO4. The summed E-state index contributed by atoms with van der Waals surface area (Å²) in [5, 5.41) is 0. The highest BCUT2D eigenvalue weighted by atomic mass is 16.7. The minimum Gasteiger partial charge on any atom is -0.435 e. The van der Waals surface area contributed by atoms with Crippen LogP contribution in [0.1, 0.15) is 53.9 Å². The zero-order valence-electron chi connectivity index (χ0n) is 12.5.